The van der Waals surface area contributed by atoms with Crippen LogP contribution in [0.4, 0.5) is 5.69 Å². The van der Waals surface area contributed by atoms with Crippen LogP contribution in [-0.4, -0.2) is 20.1 Å². The van der Waals surface area contributed by atoms with Crippen molar-refractivity contribution in [2.75, 3.05) is 19.5 Å². The van der Waals surface area contributed by atoms with Gasteiger partial charge in [-0.05, 0) is 41.8 Å². The van der Waals surface area contributed by atoms with Crippen molar-refractivity contribution in [2.24, 2.45) is 0 Å². The Bertz CT molecular complexity index is 699. The van der Waals surface area contributed by atoms with Gasteiger partial charge in [0.05, 0.1) is 24.4 Å². The summed E-state index contributed by atoms with van der Waals surface area (Å²) in [6.45, 7) is 0. The zero-order valence-electron chi connectivity index (χ0n) is 11.7. The van der Waals surface area contributed by atoms with Crippen molar-refractivity contribution in [1.82, 2.24) is 5.32 Å². The SMILES string of the molecule is CNC(c1cc2c(cc1Cl)NC(=O)C2)c1sccc1OC. The van der Waals surface area contributed by atoms with E-state index in [1.165, 1.54) is 0 Å². The molecular formula is C15H15ClN2O2S. The molecule has 2 heterocycles. The van der Waals surface area contributed by atoms with E-state index in [0.717, 1.165) is 27.4 Å². The van der Waals surface area contributed by atoms with Crippen LogP contribution in [0.3, 0.4) is 0 Å². The first-order valence-electron chi connectivity index (χ1n) is 6.55. The van der Waals surface area contributed by atoms with Crippen LogP contribution in [0.2, 0.25) is 5.02 Å². The summed E-state index contributed by atoms with van der Waals surface area (Å²) >= 11 is 8.03. The van der Waals surface area contributed by atoms with Crippen molar-refractivity contribution in [1.29, 1.82) is 0 Å². The van der Waals surface area contributed by atoms with Gasteiger partial charge >= 0.3 is 0 Å². The van der Waals surface area contributed by atoms with Crippen molar-refractivity contribution >= 4 is 34.5 Å². The van der Waals surface area contributed by atoms with Crippen molar-refractivity contribution < 1.29 is 9.53 Å². The number of hydrogen-bond donors (Lipinski definition) is 2. The second-order valence-corrected chi connectivity index (χ2v) is 6.19. The second-order valence-electron chi connectivity index (χ2n) is 4.83. The van der Waals surface area contributed by atoms with Gasteiger partial charge in [0.1, 0.15) is 5.75 Å². The van der Waals surface area contributed by atoms with E-state index in [2.05, 4.69) is 10.6 Å². The number of rotatable bonds is 4. The first kappa shape index (κ1) is 14.4. The molecule has 2 N–H and O–H groups in total. The van der Waals surface area contributed by atoms with E-state index >= 15 is 0 Å². The van der Waals surface area contributed by atoms with Gasteiger partial charge in [-0.3, -0.25) is 4.79 Å². The van der Waals surface area contributed by atoms with Crippen molar-refractivity contribution in [2.45, 2.75) is 12.5 Å². The summed E-state index contributed by atoms with van der Waals surface area (Å²) in [5, 5.41) is 8.71. The molecule has 0 bridgehead atoms. The third-order valence-corrected chi connectivity index (χ3v) is 4.88. The fraction of sp³-hybridized carbons (Fsp3) is 0.267. The highest BCUT2D eigenvalue weighted by Crippen LogP contribution is 2.39. The molecule has 0 saturated carbocycles. The van der Waals surface area contributed by atoms with Gasteiger partial charge in [-0.15, -0.1) is 11.3 Å². The van der Waals surface area contributed by atoms with E-state index in [-0.39, 0.29) is 11.9 Å². The Hall–Kier alpha value is -1.56. The minimum atomic E-state index is -0.0616. The summed E-state index contributed by atoms with van der Waals surface area (Å²) in [4.78, 5) is 12.6. The van der Waals surface area contributed by atoms with E-state index in [1.54, 1.807) is 18.4 Å². The van der Waals surface area contributed by atoms with Crippen molar-refractivity contribution in [3.05, 3.63) is 44.6 Å². The quantitative estimate of drug-likeness (QED) is 0.908. The molecule has 1 aliphatic rings. The lowest BCUT2D eigenvalue weighted by atomic mass is 10.0. The monoisotopic (exact) mass is 322 g/mol. The van der Waals surface area contributed by atoms with Gasteiger partial charge in [-0.25, -0.2) is 0 Å². The van der Waals surface area contributed by atoms with Gasteiger partial charge in [0, 0.05) is 10.7 Å². The van der Waals surface area contributed by atoms with Gasteiger partial charge < -0.3 is 15.4 Å². The number of halogens is 1. The minimum Gasteiger partial charge on any atom is -0.496 e. The van der Waals surface area contributed by atoms with E-state index < -0.39 is 0 Å². The zero-order valence-corrected chi connectivity index (χ0v) is 13.3. The Morgan fingerprint density at radius 1 is 1.48 bits per heavy atom. The third-order valence-electron chi connectivity index (χ3n) is 3.59. The standard InChI is InChI=1S/C15H15ClN2O2S/c1-17-14(15-12(20-2)3-4-21-15)9-5-8-6-13(19)18-11(8)7-10(9)16/h3-5,7,14,17H,6H2,1-2H3,(H,18,19). The molecule has 3 rings (SSSR count). The number of carbonyl (C=O) groups excluding carboxylic acids is 1. The van der Waals surface area contributed by atoms with Crippen LogP contribution in [0.1, 0.15) is 22.0 Å². The van der Waals surface area contributed by atoms with E-state index in [9.17, 15) is 4.79 Å². The van der Waals surface area contributed by atoms with Gasteiger partial charge in [-0.2, -0.15) is 0 Å². The molecule has 0 radical (unpaired) electrons. The smallest absolute Gasteiger partial charge is 0.228 e. The van der Waals surface area contributed by atoms with Gasteiger partial charge in [0.2, 0.25) is 5.91 Å². The molecule has 1 aliphatic heterocycles. The molecular weight excluding hydrogens is 308 g/mol. The predicted octanol–water partition coefficient (Wildman–Crippen LogP) is 3.21. The second kappa shape index (κ2) is 5.67. The Kier molecular flexibility index (Phi) is 3.89. The van der Waals surface area contributed by atoms with Crippen molar-refractivity contribution in [3.63, 3.8) is 0 Å². The number of hydrogen-bond acceptors (Lipinski definition) is 4. The highest BCUT2D eigenvalue weighted by atomic mass is 35.5. The van der Waals surface area contributed by atoms with Crippen LogP contribution in [0, 0.1) is 0 Å². The normalized spacial score (nSPS) is 14.7. The molecule has 2 aromatic rings. The average Bonchev–Trinajstić information content (AvgIpc) is 3.05. The molecule has 110 valence electrons. The van der Waals surface area contributed by atoms with Crippen LogP contribution in [0.15, 0.2) is 23.6 Å². The van der Waals surface area contributed by atoms with Gasteiger partial charge in [0.25, 0.3) is 0 Å². The number of nitrogens with one attached hydrogen (secondary N) is 2. The Morgan fingerprint density at radius 2 is 2.29 bits per heavy atom. The van der Waals surface area contributed by atoms with E-state index in [4.69, 9.17) is 16.3 Å². The maximum Gasteiger partial charge on any atom is 0.228 e. The summed E-state index contributed by atoms with van der Waals surface area (Å²) in [6.07, 6.45) is 0.400. The first-order chi connectivity index (χ1) is 10.1. The number of benzene rings is 1. The van der Waals surface area contributed by atoms with E-state index in [0.29, 0.717) is 11.4 Å². The molecule has 0 saturated heterocycles. The number of anilines is 1. The number of thiophene rings is 1. The third kappa shape index (κ3) is 2.52. The summed E-state index contributed by atoms with van der Waals surface area (Å²) < 4.78 is 5.40. The highest BCUT2D eigenvalue weighted by molar-refractivity contribution is 7.10. The molecule has 1 aromatic heterocycles. The average molecular weight is 323 g/mol. The van der Waals surface area contributed by atoms with Crippen LogP contribution in [0.5, 0.6) is 5.75 Å². The number of methoxy groups -OCH3 is 1. The lowest BCUT2D eigenvalue weighted by Crippen LogP contribution is -2.17. The molecule has 1 aromatic carbocycles. The molecule has 4 nitrogen and oxygen atoms in total. The molecule has 0 aliphatic carbocycles. The molecule has 1 atom stereocenters. The lowest BCUT2D eigenvalue weighted by molar-refractivity contribution is -0.115. The van der Waals surface area contributed by atoms with Gasteiger partial charge in [0.15, 0.2) is 0 Å². The summed E-state index contributed by atoms with van der Waals surface area (Å²) in [5.74, 6) is 0.845. The summed E-state index contributed by atoms with van der Waals surface area (Å²) in [5.41, 5.74) is 2.74. The highest BCUT2D eigenvalue weighted by Gasteiger charge is 2.25. The molecule has 6 heteroatoms. The maximum atomic E-state index is 11.5. The minimum absolute atomic E-state index is 0.00734. The topological polar surface area (TPSA) is 50.4 Å². The Balaban J connectivity index is 2.06. The molecule has 0 spiro atoms. The van der Waals surface area contributed by atoms with Crippen LogP contribution >= 0.6 is 22.9 Å². The number of ether oxygens (including phenoxy) is 1. The summed E-state index contributed by atoms with van der Waals surface area (Å²) in [7, 11) is 3.54. The van der Waals surface area contributed by atoms with Crippen LogP contribution < -0.4 is 15.4 Å². The first-order valence-corrected chi connectivity index (χ1v) is 7.80. The Morgan fingerprint density at radius 3 is 3.00 bits per heavy atom. The predicted molar refractivity (Wildman–Crippen MR) is 85.6 cm³/mol. The molecule has 1 unspecified atom stereocenters. The molecule has 21 heavy (non-hydrogen) atoms. The van der Waals surface area contributed by atoms with Crippen molar-refractivity contribution in [3.8, 4) is 5.75 Å². The number of amides is 1. The molecule has 0 fully saturated rings. The fourth-order valence-electron chi connectivity index (χ4n) is 2.60. The fourth-order valence-corrected chi connectivity index (χ4v) is 3.86. The zero-order chi connectivity index (χ0) is 15.0. The number of fused-ring (bicyclic) bond motifs is 1. The largest absolute Gasteiger partial charge is 0.496 e. The van der Waals surface area contributed by atoms with Crippen LogP contribution in [0.25, 0.3) is 0 Å². The lowest BCUT2D eigenvalue weighted by Gasteiger charge is -2.19. The van der Waals surface area contributed by atoms with E-state index in [1.807, 2.05) is 30.6 Å². The molecule has 1 amide bonds. The summed E-state index contributed by atoms with van der Waals surface area (Å²) in [6, 6.07) is 5.70. The maximum absolute atomic E-state index is 11.5. The number of carbonyl (C=O) groups is 1. The van der Waals surface area contributed by atoms with Crippen LogP contribution in [-0.2, 0) is 11.2 Å². The van der Waals surface area contributed by atoms with Gasteiger partial charge in [-0.1, -0.05) is 11.6 Å². The Labute approximate surface area is 132 Å².